The molecule has 1 aliphatic rings. The zero-order valence-corrected chi connectivity index (χ0v) is 8.37. The van der Waals surface area contributed by atoms with E-state index >= 15 is 0 Å². The minimum absolute atomic E-state index is 0.792. The fourth-order valence-corrected chi connectivity index (χ4v) is 1.74. The predicted molar refractivity (Wildman–Crippen MR) is 44.5 cm³/mol. The molecule has 1 saturated heterocycles. The molecule has 1 heterocycles. The minimum Gasteiger partial charge on any atom is -0.387 e. The van der Waals surface area contributed by atoms with Crippen LogP contribution >= 0.6 is 7.60 Å². The lowest BCUT2D eigenvalue weighted by Crippen LogP contribution is -2.33. The second-order valence-corrected chi connectivity index (χ2v) is 5.04. The van der Waals surface area contributed by atoms with Crippen LogP contribution in [0.3, 0.4) is 0 Å². The summed E-state index contributed by atoms with van der Waals surface area (Å²) in [5, 5.41) is 27.1. The zero-order valence-electron chi connectivity index (χ0n) is 7.47. The van der Waals surface area contributed by atoms with Crippen molar-refractivity contribution in [2.45, 2.75) is 36.9 Å². The van der Waals surface area contributed by atoms with E-state index in [1.54, 1.807) is 0 Å². The summed E-state index contributed by atoms with van der Waals surface area (Å²) in [4.78, 5) is 16.9. The van der Waals surface area contributed by atoms with Crippen LogP contribution in [0.1, 0.15) is 6.42 Å². The number of aliphatic hydroxyl groups is 3. The van der Waals surface area contributed by atoms with Crippen molar-refractivity contribution in [3.63, 3.8) is 0 Å². The highest BCUT2D eigenvalue weighted by Crippen LogP contribution is 2.45. The maximum Gasteiger partial charge on any atom is 0.359 e. The average Bonchev–Trinajstić information content (AvgIpc) is 2.32. The molecule has 15 heavy (non-hydrogen) atoms. The Bertz CT molecular complexity index is 268. The first-order valence-corrected chi connectivity index (χ1v) is 5.80. The van der Waals surface area contributed by atoms with Gasteiger partial charge in [0.1, 0.15) is 12.2 Å². The number of rotatable bonds is 3. The summed E-state index contributed by atoms with van der Waals surface area (Å²) in [6.45, 7) is 0. The van der Waals surface area contributed by atoms with Gasteiger partial charge in [-0.15, -0.1) is 0 Å². The van der Waals surface area contributed by atoms with Crippen LogP contribution < -0.4 is 0 Å². The SMILES string of the molecule is O=P(O)(O)C(F)CC1O[C@@H](O)[C@H](O)[C@H]1O. The number of hydrogen-bond acceptors (Lipinski definition) is 5. The summed E-state index contributed by atoms with van der Waals surface area (Å²) in [6.07, 6.45) is -6.96. The van der Waals surface area contributed by atoms with E-state index in [-0.39, 0.29) is 0 Å². The summed E-state index contributed by atoms with van der Waals surface area (Å²) in [5.41, 5.74) is 0. The van der Waals surface area contributed by atoms with Gasteiger partial charge in [-0.1, -0.05) is 0 Å². The molecule has 5 N–H and O–H groups in total. The molecule has 7 nitrogen and oxygen atoms in total. The highest BCUT2D eigenvalue weighted by atomic mass is 31.2. The van der Waals surface area contributed by atoms with E-state index in [9.17, 15) is 14.1 Å². The van der Waals surface area contributed by atoms with Crippen LogP contribution in [0, 0.1) is 0 Å². The Labute approximate surface area is 84.3 Å². The molecule has 0 saturated carbocycles. The fourth-order valence-electron chi connectivity index (χ4n) is 1.25. The van der Waals surface area contributed by atoms with Gasteiger partial charge in [-0.3, -0.25) is 4.57 Å². The Morgan fingerprint density at radius 2 is 1.80 bits per heavy atom. The molecule has 9 heteroatoms. The molecule has 0 aromatic heterocycles. The van der Waals surface area contributed by atoms with Crippen molar-refractivity contribution in [2.24, 2.45) is 0 Å². The van der Waals surface area contributed by atoms with Gasteiger partial charge in [0.05, 0.1) is 6.10 Å². The molecule has 1 aliphatic heterocycles. The summed E-state index contributed by atoms with van der Waals surface area (Å²) < 4.78 is 27.8. The third-order valence-electron chi connectivity index (χ3n) is 2.13. The second-order valence-electron chi connectivity index (χ2n) is 3.31. The van der Waals surface area contributed by atoms with E-state index in [2.05, 4.69) is 4.74 Å². The maximum absolute atomic E-state index is 12.9. The lowest BCUT2D eigenvalue weighted by molar-refractivity contribution is -0.129. The zero-order chi connectivity index (χ0) is 11.8. The van der Waals surface area contributed by atoms with Gasteiger partial charge in [-0.2, -0.15) is 0 Å². The number of hydrogen-bond donors (Lipinski definition) is 5. The van der Waals surface area contributed by atoms with Gasteiger partial charge in [-0.25, -0.2) is 4.39 Å². The van der Waals surface area contributed by atoms with Gasteiger partial charge >= 0.3 is 7.60 Å². The third kappa shape index (κ3) is 2.94. The summed E-state index contributed by atoms with van der Waals surface area (Å²) in [7, 11) is -4.90. The fraction of sp³-hybridized carbons (Fsp3) is 1.00. The smallest absolute Gasteiger partial charge is 0.359 e. The molecule has 0 aliphatic carbocycles. The Morgan fingerprint density at radius 3 is 2.13 bits per heavy atom. The summed E-state index contributed by atoms with van der Waals surface area (Å²) in [5.74, 6) is -2.49. The molecule has 0 spiro atoms. The van der Waals surface area contributed by atoms with Gasteiger partial charge < -0.3 is 29.8 Å². The largest absolute Gasteiger partial charge is 0.387 e. The predicted octanol–water partition coefficient (Wildman–Crippen LogP) is -1.71. The van der Waals surface area contributed by atoms with Crippen molar-refractivity contribution >= 4 is 7.60 Å². The molecule has 5 atom stereocenters. The van der Waals surface area contributed by atoms with Crippen LogP contribution in [0.15, 0.2) is 0 Å². The third-order valence-corrected chi connectivity index (χ3v) is 3.07. The van der Waals surface area contributed by atoms with E-state index in [0.29, 0.717) is 0 Å². The molecular formula is C6H12FO7P. The van der Waals surface area contributed by atoms with E-state index in [1.807, 2.05) is 0 Å². The van der Waals surface area contributed by atoms with Crippen molar-refractivity contribution in [3.8, 4) is 0 Å². The standard InChI is InChI=1S/C6H12FO7P/c7-3(15(11,12)13)1-2-4(8)5(9)6(10)14-2/h2-6,8-10H,1H2,(H2,11,12,13)/t2?,3?,4-,5+,6+/m0/s1. The molecule has 0 amide bonds. The van der Waals surface area contributed by atoms with Gasteiger partial charge in [-0.05, 0) is 0 Å². The van der Waals surface area contributed by atoms with E-state index in [4.69, 9.17) is 20.0 Å². The molecule has 0 radical (unpaired) electrons. The van der Waals surface area contributed by atoms with Gasteiger partial charge in [0, 0.05) is 6.42 Å². The van der Waals surface area contributed by atoms with Crippen molar-refractivity contribution in [2.75, 3.05) is 0 Å². The highest BCUT2D eigenvalue weighted by Gasteiger charge is 2.45. The molecule has 0 bridgehead atoms. The molecule has 0 aromatic rings. The van der Waals surface area contributed by atoms with Crippen molar-refractivity contribution in [3.05, 3.63) is 0 Å². The summed E-state index contributed by atoms with van der Waals surface area (Å²) in [6, 6.07) is 0. The lowest BCUT2D eigenvalue weighted by atomic mass is 10.1. The topological polar surface area (TPSA) is 127 Å². The molecule has 90 valence electrons. The monoisotopic (exact) mass is 246 g/mol. The van der Waals surface area contributed by atoms with Crippen molar-refractivity contribution in [1.29, 1.82) is 0 Å². The van der Waals surface area contributed by atoms with Crippen LogP contribution in [0.2, 0.25) is 0 Å². The highest BCUT2D eigenvalue weighted by molar-refractivity contribution is 7.52. The number of aliphatic hydroxyl groups excluding tert-OH is 3. The molecule has 0 aromatic carbocycles. The normalized spacial score (nSPS) is 39.3. The molecule has 1 rings (SSSR count). The number of ether oxygens (including phenoxy) is 1. The van der Waals surface area contributed by atoms with Gasteiger partial charge in [0.2, 0.25) is 5.91 Å². The van der Waals surface area contributed by atoms with Crippen molar-refractivity contribution < 1.29 is 38.8 Å². The summed E-state index contributed by atoms with van der Waals surface area (Å²) >= 11 is 0. The van der Waals surface area contributed by atoms with Gasteiger partial charge in [0.15, 0.2) is 6.29 Å². The Morgan fingerprint density at radius 1 is 1.27 bits per heavy atom. The molecule has 1 fully saturated rings. The second kappa shape index (κ2) is 4.42. The number of alkyl halides is 1. The quantitative estimate of drug-likeness (QED) is 0.375. The van der Waals surface area contributed by atoms with Crippen LogP contribution in [-0.4, -0.2) is 55.6 Å². The Balaban J connectivity index is 2.57. The van der Waals surface area contributed by atoms with E-state index < -0.39 is 44.5 Å². The first-order valence-electron chi connectivity index (χ1n) is 4.12. The van der Waals surface area contributed by atoms with Crippen LogP contribution in [0.5, 0.6) is 0 Å². The van der Waals surface area contributed by atoms with E-state index in [0.717, 1.165) is 0 Å². The first-order chi connectivity index (χ1) is 6.73. The molecule has 2 unspecified atom stereocenters. The first kappa shape index (κ1) is 13.0. The number of halogens is 1. The van der Waals surface area contributed by atoms with Crippen molar-refractivity contribution in [1.82, 2.24) is 0 Å². The average molecular weight is 246 g/mol. The Hall–Kier alpha value is -0.0800. The molecular weight excluding hydrogens is 234 g/mol. The van der Waals surface area contributed by atoms with Crippen LogP contribution in [0.25, 0.3) is 0 Å². The lowest BCUT2D eigenvalue weighted by Gasteiger charge is -2.17. The minimum atomic E-state index is -4.90. The van der Waals surface area contributed by atoms with Crippen LogP contribution in [0.4, 0.5) is 4.39 Å². The van der Waals surface area contributed by atoms with E-state index in [1.165, 1.54) is 0 Å². The van der Waals surface area contributed by atoms with Gasteiger partial charge in [0.25, 0.3) is 0 Å². The van der Waals surface area contributed by atoms with Crippen LogP contribution in [-0.2, 0) is 9.30 Å². The Kier molecular flexibility index (Phi) is 3.83. The maximum atomic E-state index is 12.9.